The molecule has 0 spiro atoms. The molecule has 0 bridgehead atoms. The lowest BCUT2D eigenvalue weighted by Crippen LogP contribution is -2.44. The summed E-state index contributed by atoms with van der Waals surface area (Å²) >= 11 is 1.53. The van der Waals surface area contributed by atoms with Gasteiger partial charge >= 0.3 is 6.03 Å². The highest BCUT2D eigenvalue weighted by atomic mass is 32.1. The number of nitrogens with two attached hydrogens (primary N) is 1. The number of ether oxygens (including phenoxy) is 1. The third-order valence-electron chi connectivity index (χ3n) is 4.03. The van der Waals surface area contributed by atoms with Crippen molar-refractivity contribution in [2.24, 2.45) is 5.73 Å². The fourth-order valence-electron chi connectivity index (χ4n) is 2.63. The van der Waals surface area contributed by atoms with E-state index in [4.69, 9.17) is 10.5 Å². The minimum atomic E-state index is -0.520. The van der Waals surface area contributed by atoms with Crippen LogP contribution in [0.2, 0.25) is 0 Å². The van der Waals surface area contributed by atoms with Gasteiger partial charge in [-0.1, -0.05) is 18.2 Å². The molecular weight excluding hydrogens is 310 g/mol. The van der Waals surface area contributed by atoms with Gasteiger partial charge in [0.2, 0.25) is 0 Å². The van der Waals surface area contributed by atoms with Crippen molar-refractivity contribution in [3.63, 3.8) is 0 Å². The summed E-state index contributed by atoms with van der Waals surface area (Å²) in [6, 6.07) is 7.41. The Morgan fingerprint density at radius 1 is 1.43 bits per heavy atom. The van der Waals surface area contributed by atoms with Gasteiger partial charge < -0.3 is 10.5 Å². The Kier molecular flexibility index (Phi) is 4.54. The number of hydrogen-bond donors (Lipinski definition) is 2. The van der Waals surface area contributed by atoms with E-state index in [1.54, 1.807) is 7.05 Å². The van der Waals surface area contributed by atoms with Crippen LogP contribution in [0, 0.1) is 6.92 Å². The lowest BCUT2D eigenvalue weighted by atomic mass is 10.1. The average molecular weight is 331 g/mol. The van der Waals surface area contributed by atoms with Crippen LogP contribution in [0.15, 0.2) is 29.6 Å². The van der Waals surface area contributed by atoms with Gasteiger partial charge in [-0.3, -0.25) is 0 Å². The number of thiophene rings is 1. The van der Waals surface area contributed by atoms with Crippen LogP contribution in [0.5, 0.6) is 5.75 Å². The van der Waals surface area contributed by atoms with Gasteiger partial charge in [-0.2, -0.15) is 0 Å². The molecule has 1 aromatic carbocycles. The normalized spacial score (nSPS) is 13.8. The summed E-state index contributed by atoms with van der Waals surface area (Å²) in [5.74, 6) is 1.45. The first-order valence-corrected chi connectivity index (χ1v) is 8.55. The maximum Gasteiger partial charge on any atom is 0.334 e. The van der Waals surface area contributed by atoms with Gasteiger partial charge in [-0.15, -0.1) is 11.3 Å². The van der Waals surface area contributed by atoms with Gasteiger partial charge in [-0.05, 0) is 48.3 Å². The fraction of sp³-hybridized carbons (Fsp3) is 0.353. The van der Waals surface area contributed by atoms with E-state index >= 15 is 0 Å². The molecule has 3 rings (SSSR count). The Balaban J connectivity index is 1.88. The van der Waals surface area contributed by atoms with E-state index in [9.17, 15) is 4.79 Å². The maximum atomic E-state index is 11.7. The molecule has 0 atom stereocenters. The number of nitrogens with one attached hydrogen (secondary N) is 1. The Morgan fingerprint density at radius 2 is 2.17 bits per heavy atom. The van der Waals surface area contributed by atoms with Gasteiger partial charge in [0.15, 0.2) is 0 Å². The number of carbonyl (C=O) groups is 1. The van der Waals surface area contributed by atoms with Crippen molar-refractivity contribution in [2.75, 3.05) is 12.1 Å². The van der Waals surface area contributed by atoms with E-state index in [1.807, 2.05) is 31.2 Å². The number of benzene rings is 1. The number of rotatable bonds is 6. The molecule has 2 aromatic rings. The second kappa shape index (κ2) is 6.60. The Morgan fingerprint density at radius 3 is 2.78 bits per heavy atom. The average Bonchev–Trinajstić information content (AvgIpc) is 3.29. The van der Waals surface area contributed by atoms with Crippen molar-refractivity contribution < 1.29 is 9.53 Å². The van der Waals surface area contributed by atoms with Crippen LogP contribution in [0.1, 0.15) is 35.4 Å². The molecule has 2 amide bonds. The summed E-state index contributed by atoms with van der Waals surface area (Å²) in [6.45, 7) is 2.45. The Bertz CT molecular complexity index is 710. The second-order valence-corrected chi connectivity index (χ2v) is 6.56. The van der Waals surface area contributed by atoms with Gasteiger partial charge in [0.25, 0.3) is 0 Å². The number of para-hydroxylation sites is 1. The van der Waals surface area contributed by atoms with Crippen LogP contribution < -0.4 is 20.9 Å². The zero-order chi connectivity index (χ0) is 16.4. The third-order valence-corrected chi connectivity index (χ3v) is 5.06. The second-order valence-electron chi connectivity index (χ2n) is 5.70. The summed E-state index contributed by atoms with van der Waals surface area (Å²) in [6.07, 6.45) is 2.40. The van der Waals surface area contributed by atoms with Crippen LogP contribution in [-0.4, -0.2) is 13.1 Å². The molecule has 1 saturated carbocycles. The molecule has 0 aliphatic heterocycles. The first-order chi connectivity index (χ1) is 11.1. The van der Waals surface area contributed by atoms with Crippen molar-refractivity contribution in [2.45, 2.75) is 32.3 Å². The zero-order valence-electron chi connectivity index (χ0n) is 13.3. The van der Waals surface area contributed by atoms with E-state index in [0.29, 0.717) is 12.5 Å². The number of nitrogens with zero attached hydrogens (tertiary/aromatic N) is 1. The van der Waals surface area contributed by atoms with Crippen molar-refractivity contribution in [1.29, 1.82) is 0 Å². The molecule has 1 aliphatic carbocycles. The SMILES string of the molecule is CNN(C(N)=O)c1scc(C2CC2)c1COc1ccccc1C. The van der Waals surface area contributed by atoms with Crippen molar-refractivity contribution in [1.82, 2.24) is 5.43 Å². The predicted octanol–water partition coefficient (Wildman–Crippen LogP) is 3.53. The Hall–Kier alpha value is -2.05. The zero-order valence-corrected chi connectivity index (χ0v) is 14.2. The number of anilines is 1. The van der Waals surface area contributed by atoms with Crippen LogP contribution in [0.25, 0.3) is 0 Å². The molecule has 1 aliphatic rings. The maximum absolute atomic E-state index is 11.7. The van der Waals surface area contributed by atoms with Crippen LogP contribution in [0.3, 0.4) is 0 Å². The quantitative estimate of drug-likeness (QED) is 0.796. The van der Waals surface area contributed by atoms with Crippen LogP contribution in [-0.2, 0) is 6.61 Å². The summed E-state index contributed by atoms with van der Waals surface area (Å²) < 4.78 is 6.01. The number of urea groups is 1. The Labute approximate surface area is 140 Å². The molecule has 1 heterocycles. The number of hydrazine groups is 1. The topological polar surface area (TPSA) is 67.6 Å². The predicted molar refractivity (Wildman–Crippen MR) is 92.9 cm³/mol. The first kappa shape index (κ1) is 15.8. The van der Waals surface area contributed by atoms with E-state index < -0.39 is 6.03 Å². The van der Waals surface area contributed by atoms with E-state index in [1.165, 1.54) is 34.8 Å². The lowest BCUT2D eigenvalue weighted by Gasteiger charge is -2.20. The van der Waals surface area contributed by atoms with Gasteiger partial charge in [0.05, 0.1) is 0 Å². The third kappa shape index (κ3) is 3.33. The lowest BCUT2D eigenvalue weighted by molar-refractivity contribution is 0.252. The highest BCUT2D eigenvalue weighted by Gasteiger charge is 2.30. The number of aryl methyl sites for hydroxylation is 1. The number of carbonyl (C=O) groups excluding carboxylic acids is 1. The molecule has 3 N–H and O–H groups in total. The standard InChI is InChI=1S/C17H21N3O2S/c1-11-5-3-4-6-15(11)22-9-13-14(12-7-8-12)10-23-16(13)20(19-2)17(18)21/h3-6,10,12,19H,7-9H2,1-2H3,(H2,18,21). The molecule has 0 saturated heterocycles. The molecule has 6 heteroatoms. The van der Waals surface area contributed by atoms with Crippen LogP contribution in [0.4, 0.5) is 9.80 Å². The van der Waals surface area contributed by atoms with E-state index in [2.05, 4.69) is 10.8 Å². The fourth-order valence-corrected chi connectivity index (χ4v) is 3.81. The first-order valence-electron chi connectivity index (χ1n) is 7.67. The summed E-state index contributed by atoms with van der Waals surface area (Å²) in [4.78, 5) is 11.7. The summed E-state index contributed by atoms with van der Waals surface area (Å²) in [5.41, 5.74) is 11.7. The molecular formula is C17H21N3O2S. The van der Waals surface area contributed by atoms with Gasteiger partial charge in [0, 0.05) is 12.6 Å². The van der Waals surface area contributed by atoms with Gasteiger partial charge in [0.1, 0.15) is 17.4 Å². The van der Waals surface area contributed by atoms with Gasteiger partial charge in [-0.25, -0.2) is 15.2 Å². The highest BCUT2D eigenvalue weighted by molar-refractivity contribution is 7.14. The minimum Gasteiger partial charge on any atom is -0.489 e. The number of hydrogen-bond acceptors (Lipinski definition) is 4. The number of amides is 2. The molecule has 122 valence electrons. The molecule has 1 aromatic heterocycles. The largest absolute Gasteiger partial charge is 0.489 e. The van der Waals surface area contributed by atoms with Crippen molar-refractivity contribution >= 4 is 22.4 Å². The van der Waals surface area contributed by atoms with Crippen molar-refractivity contribution in [3.05, 3.63) is 46.3 Å². The number of primary amides is 1. The summed E-state index contributed by atoms with van der Waals surface area (Å²) in [5, 5.41) is 4.32. The highest BCUT2D eigenvalue weighted by Crippen LogP contribution is 2.46. The minimum absolute atomic E-state index is 0.432. The van der Waals surface area contributed by atoms with E-state index in [0.717, 1.165) is 21.9 Å². The van der Waals surface area contributed by atoms with Crippen LogP contribution >= 0.6 is 11.3 Å². The molecule has 0 radical (unpaired) electrons. The molecule has 0 unspecified atom stereocenters. The summed E-state index contributed by atoms with van der Waals surface area (Å²) in [7, 11) is 1.69. The molecule has 5 nitrogen and oxygen atoms in total. The smallest absolute Gasteiger partial charge is 0.334 e. The van der Waals surface area contributed by atoms with E-state index in [-0.39, 0.29) is 0 Å². The molecule has 1 fully saturated rings. The molecule has 23 heavy (non-hydrogen) atoms. The van der Waals surface area contributed by atoms with Crippen molar-refractivity contribution in [3.8, 4) is 5.75 Å². The monoisotopic (exact) mass is 331 g/mol.